The van der Waals surface area contributed by atoms with Crippen LogP contribution in [0.1, 0.15) is 62.3 Å². The lowest BCUT2D eigenvalue weighted by atomic mass is 10.00. The topological polar surface area (TPSA) is 88.6 Å². The van der Waals surface area contributed by atoms with Gasteiger partial charge in [-0.05, 0) is 105 Å². The molecule has 37 heavy (non-hydrogen) atoms. The summed E-state index contributed by atoms with van der Waals surface area (Å²) in [5.41, 5.74) is 13.3. The van der Waals surface area contributed by atoms with E-state index in [1.807, 2.05) is 19.2 Å². The summed E-state index contributed by atoms with van der Waals surface area (Å²) in [5.74, 6) is 0.855. The Kier molecular flexibility index (Phi) is 10.7. The van der Waals surface area contributed by atoms with Crippen LogP contribution in [-0.4, -0.2) is 27.5 Å². The van der Waals surface area contributed by atoms with Crippen LogP contribution in [-0.2, 0) is 12.8 Å². The van der Waals surface area contributed by atoms with Crippen LogP contribution in [0.15, 0.2) is 48.7 Å². The van der Waals surface area contributed by atoms with Crippen LogP contribution < -0.4 is 21.0 Å². The second kappa shape index (κ2) is 13.7. The Morgan fingerprint density at radius 1 is 0.973 bits per heavy atom. The third kappa shape index (κ3) is 8.13. The highest BCUT2D eigenvalue weighted by molar-refractivity contribution is 7.45. The Morgan fingerprint density at radius 3 is 2.43 bits per heavy atom. The van der Waals surface area contributed by atoms with Crippen molar-refractivity contribution in [1.29, 1.82) is 0 Å². The number of pyridine rings is 1. The van der Waals surface area contributed by atoms with Gasteiger partial charge in [-0.15, -0.1) is 0 Å². The van der Waals surface area contributed by atoms with Crippen molar-refractivity contribution in [2.75, 3.05) is 12.8 Å². The SMILES string of the molecule is CCC(C)=c1cc(C)cc/c1=c1\cc(CCc2ccc(OCCCCP(O)O)cc2C)cn\c1=C(\C)N. The van der Waals surface area contributed by atoms with E-state index in [9.17, 15) is 0 Å². The highest BCUT2D eigenvalue weighted by Crippen LogP contribution is 2.24. The zero-order valence-electron chi connectivity index (χ0n) is 22.8. The normalized spacial score (nSPS) is 14.1. The number of hydrogen-bond donors (Lipinski definition) is 3. The van der Waals surface area contributed by atoms with E-state index < -0.39 is 8.38 Å². The maximum absolute atomic E-state index is 9.00. The summed E-state index contributed by atoms with van der Waals surface area (Å²) in [4.78, 5) is 22.8. The molecule has 0 unspecified atom stereocenters. The fraction of sp³-hybridized carbons (Fsp3) is 0.387. The monoisotopic (exact) mass is 520 g/mol. The van der Waals surface area contributed by atoms with Crippen molar-refractivity contribution in [3.63, 3.8) is 0 Å². The fourth-order valence-corrected chi connectivity index (χ4v) is 4.97. The van der Waals surface area contributed by atoms with Gasteiger partial charge in [-0.1, -0.05) is 42.3 Å². The van der Waals surface area contributed by atoms with Crippen molar-refractivity contribution in [2.45, 2.75) is 66.7 Å². The highest BCUT2D eigenvalue weighted by Gasteiger charge is 2.05. The lowest BCUT2D eigenvalue weighted by Crippen LogP contribution is -2.20. The maximum Gasteiger partial charge on any atom is 0.164 e. The molecular formula is C31H41N2O3P. The number of nitrogens with zero attached hydrogens (tertiary/aromatic N) is 1. The van der Waals surface area contributed by atoms with Gasteiger partial charge in [0.1, 0.15) is 5.75 Å². The lowest BCUT2D eigenvalue weighted by molar-refractivity contribution is 0.308. The minimum Gasteiger partial charge on any atom is -0.494 e. The third-order valence-electron chi connectivity index (χ3n) is 6.79. The smallest absolute Gasteiger partial charge is 0.164 e. The molecule has 1 aromatic heterocycles. The summed E-state index contributed by atoms with van der Waals surface area (Å²) in [6.07, 6.45) is 6.75. The third-order valence-corrected chi connectivity index (χ3v) is 7.51. The van der Waals surface area contributed by atoms with Crippen LogP contribution in [0, 0.1) is 24.3 Å². The Bertz CT molecular complexity index is 1430. The molecule has 3 rings (SSSR count). The molecule has 0 radical (unpaired) electrons. The van der Waals surface area contributed by atoms with E-state index in [1.54, 1.807) is 0 Å². The van der Waals surface area contributed by atoms with Gasteiger partial charge in [0.05, 0.1) is 12.0 Å². The molecule has 5 nitrogen and oxygen atoms in total. The predicted molar refractivity (Wildman–Crippen MR) is 155 cm³/mol. The Hall–Kier alpha value is -2.72. The van der Waals surface area contributed by atoms with Crippen LogP contribution in [0.2, 0.25) is 0 Å². The van der Waals surface area contributed by atoms with E-state index in [2.05, 4.69) is 64.1 Å². The van der Waals surface area contributed by atoms with E-state index >= 15 is 0 Å². The summed E-state index contributed by atoms with van der Waals surface area (Å²) in [7, 11) is -1.80. The number of rotatable bonds is 10. The number of ether oxygens (including phenoxy) is 1. The van der Waals surface area contributed by atoms with Gasteiger partial charge in [-0.2, -0.15) is 0 Å². The number of hydrogen-bond acceptors (Lipinski definition) is 5. The van der Waals surface area contributed by atoms with Gasteiger partial charge >= 0.3 is 0 Å². The Balaban J connectivity index is 1.87. The first-order valence-electron chi connectivity index (χ1n) is 13.1. The fourth-order valence-electron chi connectivity index (χ4n) is 4.46. The molecule has 0 aliphatic rings. The van der Waals surface area contributed by atoms with Crippen molar-refractivity contribution in [3.8, 4) is 5.75 Å². The molecule has 2 aromatic carbocycles. The van der Waals surface area contributed by atoms with Crippen molar-refractivity contribution in [2.24, 2.45) is 5.73 Å². The van der Waals surface area contributed by atoms with E-state index in [0.29, 0.717) is 12.8 Å². The molecule has 0 aliphatic heterocycles. The van der Waals surface area contributed by atoms with Crippen molar-refractivity contribution in [3.05, 3.63) is 91.9 Å². The molecular weight excluding hydrogens is 479 g/mol. The molecule has 1 heterocycles. The van der Waals surface area contributed by atoms with Crippen LogP contribution in [0.4, 0.5) is 0 Å². The molecule has 0 saturated heterocycles. The molecule has 0 aliphatic carbocycles. The number of unbranched alkanes of at least 4 members (excludes halogenated alkanes) is 1. The van der Waals surface area contributed by atoms with E-state index in [4.69, 9.17) is 25.2 Å². The minimum absolute atomic E-state index is 0.443. The standard InChI is InChI=1S/C31H41N2O3P/c1-6-22(3)29-17-21(2)9-14-28(29)30-19-25(20-33-31(30)24(5)32)10-11-26-12-13-27(18-23(26)4)36-15-7-8-16-37(34)35/h9,12-14,17-20,34-35H,6-8,10-11,15-16,32H2,1-5H3/b29-22?,30-28-,31-24-. The second-order valence-electron chi connectivity index (χ2n) is 9.85. The van der Waals surface area contributed by atoms with Gasteiger partial charge < -0.3 is 20.3 Å². The first-order chi connectivity index (χ1) is 17.7. The molecule has 3 aromatic rings. The lowest BCUT2D eigenvalue weighted by Gasteiger charge is -2.11. The molecule has 0 saturated carbocycles. The van der Waals surface area contributed by atoms with Crippen LogP contribution in [0.3, 0.4) is 0 Å². The summed E-state index contributed by atoms with van der Waals surface area (Å²) in [5, 5.41) is 4.40. The highest BCUT2D eigenvalue weighted by atomic mass is 31.2. The molecule has 0 amide bonds. The number of benzene rings is 2. The van der Waals surface area contributed by atoms with Gasteiger partial charge in [0.2, 0.25) is 0 Å². The van der Waals surface area contributed by atoms with Crippen LogP contribution >= 0.6 is 8.38 Å². The summed E-state index contributed by atoms with van der Waals surface area (Å²) in [6, 6.07) is 15.1. The van der Waals surface area contributed by atoms with Crippen molar-refractivity contribution >= 4 is 19.6 Å². The second-order valence-corrected chi connectivity index (χ2v) is 11.0. The zero-order valence-corrected chi connectivity index (χ0v) is 23.7. The zero-order chi connectivity index (χ0) is 26.9. The quantitative estimate of drug-likeness (QED) is 0.262. The average molecular weight is 521 g/mol. The minimum atomic E-state index is -1.80. The first kappa shape index (κ1) is 28.8. The van der Waals surface area contributed by atoms with Gasteiger partial charge in [-0.25, -0.2) is 0 Å². The van der Waals surface area contributed by atoms with E-state index in [0.717, 1.165) is 54.1 Å². The van der Waals surface area contributed by atoms with Gasteiger partial charge in [-0.3, -0.25) is 4.98 Å². The molecule has 0 atom stereocenters. The van der Waals surface area contributed by atoms with Gasteiger partial charge in [0.15, 0.2) is 8.38 Å². The molecule has 0 fully saturated rings. The number of aromatic nitrogens is 1. The maximum atomic E-state index is 9.00. The van der Waals surface area contributed by atoms with Crippen molar-refractivity contribution in [1.82, 2.24) is 4.98 Å². The summed E-state index contributed by atoms with van der Waals surface area (Å²) < 4.78 is 5.85. The molecule has 4 N–H and O–H groups in total. The Morgan fingerprint density at radius 2 is 1.76 bits per heavy atom. The summed E-state index contributed by atoms with van der Waals surface area (Å²) in [6.45, 7) is 11.1. The average Bonchev–Trinajstić information content (AvgIpc) is 2.87. The van der Waals surface area contributed by atoms with E-state index in [1.165, 1.54) is 38.3 Å². The van der Waals surface area contributed by atoms with Gasteiger partial charge in [0, 0.05) is 23.3 Å². The number of aryl methyl sites for hydroxylation is 4. The Labute approximate surface area is 222 Å². The molecule has 6 heteroatoms. The molecule has 198 valence electrons. The van der Waals surface area contributed by atoms with Crippen molar-refractivity contribution < 1.29 is 14.5 Å². The largest absolute Gasteiger partial charge is 0.494 e. The molecule has 0 spiro atoms. The summed E-state index contributed by atoms with van der Waals surface area (Å²) >= 11 is 0. The van der Waals surface area contributed by atoms with E-state index in [-0.39, 0.29) is 0 Å². The van der Waals surface area contributed by atoms with Crippen LogP contribution in [0.5, 0.6) is 5.75 Å². The van der Waals surface area contributed by atoms with Gasteiger partial charge in [0.25, 0.3) is 0 Å². The van der Waals surface area contributed by atoms with Crippen LogP contribution in [0.25, 0.3) is 11.3 Å². The first-order valence-corrected chi connectivity index (χ1v) is 14.5. The molecule has 0 bridgehead atoms. The number of nitrogens with two attached hydrogens (primary N) is 1. The predicted octanol–water partition coefficient (Wildman–Crippen LogP) is 4.89.